The molecule has 19 heavy (non-hydrogen) atoms. The summed E-state index contributed by atoms with van der Waals surface area (Å²) in [5, 5.41) is 13.1. The number of rotatable bonds is 2. The van der Waals surface area contributed by atoms with Crippen LogP contribution < -0.4 is 4.90 Å². The predicted molar refractivity (Wildman–Crippen MR) is 64.0 cm³/mol. The number of hydrogen-bond acceptors (Lipinski definition) is 4. The van der Waals surface area contributed by atoms with Gasteiger partial charge >= 0.3 is 0 Å². The smallest absolute Gasteiger partial charge is 0.277 e. The Labute approximate surface area is 108 Å². The SMILES string of the molecule is O=C1c2cc(CO)nn2CCN1c1ccc(F)cn1. The lowest BCUT2D eigenvalue weighted by Gasteiger charge is -2.26. The summed E-state index contributed by atoms with van der Waals surface area (Å²) < 4.78 is 14.4. The highest BCUT2D eigenvalue weighted by atomic mass is 19.1. The van der Waals surface area contributed by atoms with E-state index in [2.05, 4.69) is 10.1 Å². The van der Waals surface area contributed by atoms with Crippen LogP contribution in [0.2, 0.25) is 0 Å². The fraction of sp³-hybridized carbons (Fsp3) is 0.250. The van der Waals surface area contributed by atoms with Gasteiger partial charge in [0.2, 0.25) is 0 Å². The van der Waals surface area contributed by atoms with Crippen LogP contribution in [0.5, 0.6) is 0 Å². The molecule has 2 aromatic rings. The summed E-state index contributed by atoms with van der Waals surface area (Å²) in [6.45, 7) is 0.721. The Morgan fingerprint density at radius 2 is 2.21 bits per heavy atom. The van der Waals surface area contributed by atoms with E-state index in [0.717, 1.165) is 6.20 Å². The van der Waals surface area contributed by atoms with Crippen molar-refractivity contribution in [2.45, 2.75) is 13.2 Å². The second kappa shape index (κ2) is 4.43. The van der Waals surface area contributed by atoms with E-state index in [-0.39, 0.29) is 12.5 Å². The quantitative estimate of drug-likeness (QED) is 0.859. The summed E-state index contributed by atoms with van der Waals surface area (Å²) >= 11 is 0. The van der Waals surface area contributed by atoms with E-state index < -0.39 is 5.82 Å². The number of fused-ring (bicyclic) bond motifs is 1. The van der Waals surface area contributed by atoms with Crippen LogP contribution in [0.1, 0.15) is 16.2 Å². The van der Waals surface area contributed by atoms with Gasteiger partial charge in [-0.05, 0) is 18.2 Å². The Morgan fingerprint density at radius 1 is 1.37 bits per heavy atom. The number of aromatic nitrogens is 3. The molecule has 2 aromatic heterocycles. The van der Waals surface area contributed by atoms with Gasteiger partial charge in [0, 0.05) is 6.54 Å². The molecule has 0 fully saturated rings. The molecule has 1 amide bonds. The molecule has 3 heterocycles. The van der Waals surface area contributed by atoms with Gasteiger partial charge < -0.3 is 5.11 Å². The summed E-state index contributed by atoms with van der Waals surface area (Å²) in [6.07, 6.45) is 1.08. The van der Waals surface area contributed by atoms with Crippen LogP contribution in [0.4, 0.5) is 10.2 Å². The third-order valence-electron chi connectivity index (χ3n) is 2.98. The standard InChI is InChI=1S/C12H11FN4O2/c13-8-1-2-11(14-6-8)16-3-4-17-10(12(16)19)5-9(7-18)15-17/h1-2,5-6,18H,3-4,7H2. The van der Waals surface area contributed by atoms with Crippen LogP contribution in [0.3, 0.4) is 0 Å². The van der Waals surface area contributed by atoms with Gasteiger partial charge in [-0.25, -0.2) is 9.37 Å². The van der Waals surface area contributed by atoms with Gasteiger partial charge in [0.15, 0.2) is 0 Å². The summed E-state index contributed by atoms with van der Waals surface area (Å²) in [5.41, 5.74) is 0.860. The normalized spacial score (nSPS) is 14.6. The highest BCUT2D eigenvalue weighted by Crippen LogP contribution is 2.19. The zero-order valence-electron chi connectivity index (χ0n) is 9.95. The third kappa shape index (κ3) is 1.97. The van der Waals surface area contributed by atoms with Crippen molar-refractivity contribution in [3.63, 3.8) is 0 Å². The molecule has 0 atom stereocenters. The van der Waals surface area contributed by atoms with E-state index in [9.17, 15) is 9.18 Å². The number of amides is 1. The molecule has 0 bridgehead atoms. The molecule has 1 aliphatic rings. The second-order valence-corrected chi connectivity index (χ2v) is 4.19. The topological polar surface area (TPSA) is 71.2 Å². The molecular formula is C12H11FN4O2. The van der Waals surface area contributed by atoms with Crippen molar-refractivity contribution >= 4 is 11.7 Å². The molecule has 0 radical (unpaired) electrons. The van der Waals surface area contributed by atoms with Crippen LogP contribution in [0, 0.1) is 5.82 Å². The average Bonchev–Trinajstić information content (AvgIpc) is 2.85. The van der Waals surface area contributed by atoms with Gasteiger partial charge in [0.1, 0.15) is 17.3 Å². The van der Waals surface area contributed by atoms with E-state index in [0.29, 0.717) is 30.3 Å². The first-order chi connectivity index (χ1) is 9.19. The number of hydrogen-bond donors (Lipinski definition) is 1. The van der Waals surface area contributed by atoms with E-state index >= 15 is 0 Å². The maximum Gasteiger partial charge on any atom is 0.277 e. The fourth-order valence-electron chi connectivity index (χ4n) is 2.07. The van der Waals surface area contributed by atoms with Gasteiger partial charge in [-0.2, -0.15) is 5.10 Å². The summed E-state index contributed by atoms with van der Waals surface area (Å²) in [7, 11) is 0. The Balaban J connectivity index is 1.94. The summed E-state index contributed by atoms with van der Waals surface area (Å²) in [6, 6.07) is 4.28. The van der Waals surface area contributed by atoms with E-state index in [1.165, 1.54) is 17.0 Å². The zero-order valence-corrected chi connectivity index (χ0v) is 9.95. The molecule has 0 saturated heterocycles. The number of aliphatic hydroxyl groups is 1. The molecule has 0 aliphatic carbocycles. The molecule has 7 heteroatoms. The van der Waals surface area contributed by atoms with E-state index in [1.54, 1.807) is 10.7 Å². The monoisotopic (exact) mass is 262 g/mol. The molecule has 1 aliphatic heterocycles. The minimum absolute atomic E-state index is 0.206. The van der Waals surface area contributed by atoms with Crippen molar-refractivity contribution < 1.29 is 14.3 Å². The van der Waals surface area contributed by atoms with Crippen molar-refractivity contribution in [2.24, 2.45) is 0 Å². The van der Waals surface area contributed by atoms with Gasteiger partial charge in [-0.1, -0.05) is 0 Å². The van der Waals surface area contributed by atoms with Crippen LogP contribution in [-0.2, 0) is 13.2 Å². The lowest BCUT2D eigenvalue weighted by atomic mass is 10.2. The van der Waals surface area contributed by atoms with Crippen molar-refractivity contribution in [3.05, 3.63) is 41.6 Å². The van der Waals surface area contributed by atoms with Crippen LogP contribution in [-0.4, -0.2) is 32.3 Å². The largest absolute Gasteiger partial charge is 0.390 e. The molecule has 98 valence electrons. The Bertz CT molecular complexity index is 623. The first kappa shape index (κ1) is 11.8. The van der Waals surface area contributed by atoms with Crippen molar-refractivity contribution in [1.82, 2.24) is 14.8 Å². The number of aliphatic hydroxyl groups excluding tert-OH is 1. The fourth-order valence-corrected chi connectivity index (χ4v) is 2.07. The minimum Gasteiger partial charge on any atom is -0.390 e. The maximum atomic E-state index is 12.8. The number of halogens is 1. The zero-order chi connectivity index (χ0) is 13.4. The van der Waals surface area contributed by atoms with Gasteiger partial charge in [0.05, 0.1) is 25.0 Å². The van der Waals surface area contributed by atoms with Gasteiger partial charge in [-0.15, -0.1) is 0 Å². The number of anilines is 1. The van der Waals surface area contributed by atoms with Crippen LogP contribution in [0.25, 0.3) is 0 Å². The Morgan fingerprint density at radius 3 is 2.89 bits per heavy atom. The number of pyridine rings is 1. The lowest BCUT2D eigenvalue weighted by Crippen LogP contribution is -2.40. The van der Waals surface area contributed by atoms with Gasteiger partial charge in [0.25, 0.3) is 5.91 Å². The number of carbonyl (C=O) groups is 1. The van der Waals surface area contributed by atoms with Gasteiger partial charge in [-0.3, -0.25) is 14.4 Å². The van der Waals surface area contributed by atoms with Crippen LogP contribution in [0.15, 0.2) is 24.4 Å². The average molecular weight is 262 g/mol. The lowest BCUT2D eigenvalue weighted by molar-refractivity contribution is 0.0961. The van der Waals surface area contributed by atoms with E-state index in [4.69, 9.17) is 5.11 Å². The highest BCUT2D eigenvalue weighted by Gasteiger charge is 2.27. The predicted octanol–water partition coefficient (Wildman–Crippen LogP) is 0.570. The summed E-state index contributed by atoms with van der Waals surface area (Å²) in [4.78, 5) is 17.7. The van der Waals surface area contributed by atoms with Crippen molar-refractivity contribution in [1.29, 1.82) is 0 Å². The first-order valence-electron chi connectivity index (χ1n) is 5.80. The summed E-state index contributed by atoms with van der Waals surface area (Å²) in [5.74, 6) is -0.289. The first-order valence-corrected chi connectivity index (χ1v) is 5.80. The Hall–Kier alpha value is -2.28. The molecule has 0 unspecified atom stereocenters. The van der Waals surface area contributed by atoms with E-state index in [1.807, 2.05) is 0 Å². The molecule has 3 rings (SSSR count). The molecule has 0 spiro atoms. The second-order valence-electron chi connectivity index (χ2n) is 4.19. The third-order valence-corrected chi connectivity index (χ3v) is 2.98. The maximum absolute atomic E-state index is 12.8. The molecule has 1 N–H and O–H groups in total. The molecule has 0 aromatic carbocycles. The number of nitrogens with zero attached hydrogens (tertiary/aromatic N) is 4. The highest BCUT2D eigenvalue weighted by molar-refractivity contribution is 6.05. The van der Waals surface area contributed by atoms with Crippen molar-refractivity contribution in [2.75, 3.05) is 11.4 Å². The Kier molecular flexibility index (Phi) is 2.75. The molecular weight excluding hydrogens is 251 g/mol. The molecule has 6 nitrogen and oxygen atoms in total. The molecule has 0 saturated carbocycles. The van der Waals surface area contributed by atoms with Crippen LogP contribution >= 0.6 is 0 Å². The number of carbonyl (C=O) groups excluding carboxylic acids is 1. The van der Waals surface area contributed by atoms with Crippen molar-refractivity contribution in [3.8, 4) is 0 Å². The minimum atomic E-state index is -0.444.